The van der Waals surface area contributed by atoms with Crippen molar-refractivity contribution in [2.24, 2.45) is 0 Å². The number of allylic oxidation sites excluding steroid dienone is 20. The van der Waals surface area contributed by atoms with Gasteiger partial charge in [0.1, 0.15) is 0 Å². The third kappa shape index (κ3) is 9.74. The van der Waals surface area contributed by atoms with Gasteiger partial charge in [0.25, 0.3) is 0 Å². The number of rotatable bonds is 12. The van der Waals surface area contributed by atoms with Gasteiger partial charge in [-0.05, 0) is 279 Å². The molecule has 7 aromatic carbocycles. The zero-order valence-electron chi connectivity index (χ0n) is 51.0. The Bertz CT molecular complexity index is 4040. The van der Waals surface area contributed by atoms with Gasteiger partial charge in [-0.15, -0.1) is 0 Å². The molecule has 0 atom stereocenters. The lowest BCUT2D eigenvalue weighted by atomic mass is 9.68. The summed E-state index contributed by atoms with van der Waals surface area (Å²) in [4.78, 5) is 10.3. The predicted octanol–water partition coefficient (Wildman–Crippen LogP) is 22.1. The molecule has 0 aromatic heterocycles. The minimum Gasteiger partial charge on any atom is -0.318 e. The summed E-state index contributed by atoms with van der Waals surface area (Å²) in [5, 5.41) is 0. The van der Waals surface area contributed by atoms with Gasteiger partial charge < -0.3 is 19.6 Å². The largest absolute Gasteiger partial charge is 0.318 e. The Hall–Kier alpha value is -8.86. The molecule has 0 saturated heterocycles. The van der Waals surface area contributed by atoms with Crippen molar-refractivity contribution in [2.75, 3.05) is 19.6 Å². The summed E-state index contributed by atoms with van der Waals surface area (Å²) in [5.41, 5.74) is 35.8. The van der Waals surface area contributed by atoms with Crippen LogP contribution in [0.3, 0.4) is 0 Å². The van der Waals surface area contributed by atoms with Crippen LogP contribution in [-0.4, -0.2) is 0 Å². The number of nitrogens with zero attached hydrogens (tertiary/aromatic N) is 4. The van der Waals surface area contributed by atoms with Gasteiger partial charge in [0.15, 0.2) is 0 Å². The van der Waals surface area contributed by atoms with E-state index in [-0.39, 0.29) is 0 Å². The molecule has 422 valence electrons. The molecule has 0 radical (unpaired) electrons. The molecule has 7 aromatic rings. The Balaban J connectivity index is 1.08. The van der Waals surface area contributed by atoms with Gasteiger partial charge in [0.05, 0.1) is 5.41 Å². The normalized spacial score (nSPS) is 17.4. The number of hydrogen-bond acceptors (Lipinski definition) is 4. The smallest absolute Gasteiger partial charge is 0.0725 e. The molecule has 0 heterocycles. The van der Waals surface area contributed by atoms with E-state index in [0.29, 0.717) is 0 Å². The van der Waals surface area contributed by atoms with Gasteiger partial charge in [0, 0.05) is 68.3 Å². The second kappa shape index (κ2) is 22.0. The predicted molar refractivity (Wildman–Crippen MR) is 360 cm³/mol. The first-order chi connectivity index (χ1) is 41.4. The van der Waals surface area contributed by atoms with E-state index in [0.717, 1.165) is 64.2 Å². The van der Waals surface area contributed by atoms with Crippen molar-refractivity contribution in [3.8, 4) is 11.1 Å². The number of aryl methyl sites for hydroxylation is 4. The number of anilines is 7. The van der Waals surface area contributed by atoms with Crippen molar-refractivity contribution in [3.05, 3.63) is 307 Å². The third-order valence-corrected chi connectivity index (χ3v) is 19.2. The van der Waals surface area contributed by atoms with Crippen molar-refractivity contribution in [1.82, 2.24) is 0 Å². The van der Waals surface area contributed by atoms with Crippen LogP contribution in [0.5, 0.6) is 0 Å². The van der Waals surface area contributed by atoms with Crippen LogP contribution in [-0.2, 0) is 5.41 Å². The van der Waals surface area contributed by atoms with Crippen LogP contribution < -0.4 is 19.6 Å². The van der Waals surface area contributed by atoms with E-state index in [1.807, 2.05) is 0 Å². The fraction of sp³-hybridized carbons (Fsp3) is 0.235. The second-order valence-electron chi connectivity index (χ2n) is 25.3. The fourth-order valence-electron chi connectivity index (χ4n) is 14.5. The van der Waals surface area contributed by atoms with Gasteiger partial charge in [0.2, 0.25) is 0 Å². The maximum Gasteiger partial charge on any atom is 0.0725 e. The Morgan fingerprint density at radius 3 is 0.871 bits per heavy atom. The minimum absolute atomic E-state index is 0.720. The van der Waals surface area contributed by atoms with E-state index in [4.69, 9.17) is 0 Å². The van der Waals surface area contributed by atoms with Gasteiger partial charge in [-0.1, -0.05) is 136 Å². The minimum atomic E-state index is -0.720. The molecule has 0 aliphatic heterocycles. The van der Waals surface area contributed by atoms with Crippen LogP contribution >= 0.6 is 0 Å². The average molecular weight is 1110 g/mol. The standard InChI is InChI=1S/C81H78N4/c1-53-9-25-61(26-10-53)82(62-27-11-54(2)12-28-62)69-41-45-73-74-46-42-70(83(63-29-13-55(3)14-30-63)64-31-15-56(4)16-32-64)50-78(74)81(77(73)49-69)79-51-71(84(65-33-17-57(5)18-34-65)66-35-19-58(6)20-36-66)43-47-75(79)76-48-44-72(52-80(76)81)85(67-37-21-59(7)22-38-67)68-39-23-60(8)24-40-68/h9-11,13-15,17-19,21-23,25-27,29-31,33-35,37-39,41-43,45-47,49-52H,12,16,20,24,28,32,36,40,44,48H2,1-8H3. The van der Waals surface area contributed by atoms with Crippen molar-refractivity contribution in [1.29, 1.82) is 0 Å². The van der Waals surface area contributed by atoms with Crippen LogP contribution in [0.2, 0.25) is 0 Å². The quantitative estimate of drug-likeness (QED) is 0.121. The Morgan fingerprint density at radius 2 is 0.541 bits per heavy atom. The third-order valence-electron chi connectivity index (χ3n) is 19.2. The zero-order chi connectivity index (χ0) is 58.1. The number of fused-ring (bicyclic) bond motifs is 9. The summed E-state index contributed by atoms with van der Waals surface area (Å²) in [6.45, 7) is 17.9. The number of hydrogen-bond donors (Lipinski definition) is 0. The van der Waals surface area contributed by atoms with E-state index in [9.17, 15) is 0 Å². The molecule has 4 heteroatoms. The molecular formula is C81H78N4. The first-order valence-electron chi connectivity index (χ1n) is 31.2. The lowest BCUT2D eigenvalue weighted by Crippen LogP contribution is -2.30. The highest BCUT2D eigenvalue weighted by molar-refractivity contribution is 5.99. The van der Waals surface area contributed by atoms with E-state index in [1.54, 1.807) is 0 Å². The summed E-state index contributed by atoms with van der Waals surface area (Å²) in [7, 11) is 0. The average Bonchev–Trinajstić information content (AvgIpc) is 1.56. The highest BCUT2D eigenvalue weighted by Crippen LogP contribution is 2.66. The molecule has 1 spiro atoms. The van der Waals surface area contributed by atoms with Crippen molar-refractivity contribution >= 4 is 45.4 Å². The van der Waals surface area contributed by atoms with E-state index in [2.05, 4.69) is 281 Å². The zero-order valence-corrected chi connectivity index (χ0v) is 51.0. The molecule has 0 saturated carbocycles. The van der Waals surface area contributed by atoms with Crippen LogP contribution in [0.15, 0.2) is 263 Å². The summed E-state index contributed by atoms with van der Waals surface area (Å²) in [6, 6.07) is 59.5. The SMILES string of the molecule is CC1=CC=C(N(C2=CC3=C(CC2)c2ccc(N(C4=CC=C(C)CC4)c4ccc(C)cc4)cc2C32c3cc(N(C4=CC=C(C)CC4)c4ccc(C)cc4)ccc3-c3ccc(N(C4=CC=C(C)CC4)c4ccc(C)cc4)cc32)c2ccc(C)cc2)CC1. The number of benzene rings is 7. The van der Waals surface area contributed by atoms with Crippen molar-refractivity contribution in [3.63, 3.8) is 0 Å². The summed E-state index contributed by atoms with van der Waals surface area (Å²) in [6.07, 6.45) is 31.5. The molecule has 14 rings (SSSR count). The van der Waals surface area contributed by atoms with E-state index < -0.39 is 5.41 Å². The Morgan fingerprint density at radius 1 is 0.259 bits per heavy atom. The molecule has 85 heavy (non-hydrogen) atoms. The Labute approximate surface area is 505 Å². The van der Waals surface area contributed by atoms with Gasteiger partial charge in [-0.2, -0.15) is 0 Å². The van der Waals surface area contributed by atoms with Crippen molar-refractivity contribution < 1.29 is 0 Å². The first-order valence-corrected chi connectivity index (χ1v) is 31.2. The molecule has 0 fully saturated rings. The molecule has 7 aliphatic carbocycles. The van der Waals surface area contributed by atoms with Gasteiger partial charge in [-0.25, -0.2) is 0 Å². The van der Waals surface area contributed by atoms with Crippen LogP contribution in [0.1, 0.15) is 136 Å². The molecule has 0 N–H and O–H groups in total. The summed E-state index contributed by atoms with van der Waals surface area (Å²) in [5.74, 6) is 0. The molecule has 0 amide bonds. The van der Waals surface area contributed by atoms with Gasteiger partial charge in [-0.3, -0.25) is 0 Å². The summed E-state index contributed by atoms with van der Waals surface area (Å²) < 4.78 is 0. The monoisotopic (exact) mass is 1110 g/mol. The lowest BCUT2D eigenvalue weighted by molar-refractivity contribution is 0.764. The highest BCUT2D eigenvalue weighted by atomic mass is 15.2. The highest BCUT2D eigenvalue weighted by Gasteiger charge is 2.54. The summed E-state index contributed by atoms with van der Waals surface area (Å²) >= 11 is 0. The van der Waals surface area contributed by atoms with E-state index in [1.165, 1.54) is 157 Å². The van der Waals surface area contributed by atoms with E-state index >= 15 is 0 Å². The second-order valence-corrected chi connectivity index (χ2v) is 25.3. The van der Waals surface area contributed by atoms with Crippen molar-refractivity contribution in [2.45, 2.75) is 125 Å². The molecule has 0 unspecified atom stereocenters. The molecule has 4 nitrogen and oxygen atoms in total. The topological polar surface area (TPSA) is 13.0 Å². The van der Waals surface area contributed by atoms with Gasteiger partial charge >= 0.3 is 0 Å². The molecule has 7 aliphatic rings. The lowest BCUT2D eigenvalue weighted by Gasteiger charge is -2.38. The Kier molecular flexibility index (Phi) is 14.0. The maximum atomic E-state index is 2.68. The van der Waals surface area contributed by atoms with Crippen LogP contribution in [0.25, 0.3) is 16.7 Å². The van der Waals surface area contributed by atoms with Crippen LogP contribution in [0.4, 0.5) is 39.8 Å². The fourth-order valence-corrected chi connectivity index (χ4v) is 14.5. The van der Waals surface area contributed by atoms with Crippen LogP contribution in [0, 0.1) is 27.7 Å². The first kappa shape index (κ1) is 54.1. The molecule has 0 bridgehead atoms. The maximum absolute atomic E-state index is 2.68. The molecular weight excluding hydrogens is 1030 g/mol.